The van der Waals surface area contributed by atoms with E-state index in [4.69, 9.17) is 5.73 Å². The first-order valence-electron chi connectivity index (χ1n) is 6.82. The van der Waals surface area contributed by atoms with Gasteiger partial charge in [0.1, 0.15) is 0 Å². The average molecular weight is 254 g/mol. The minimum absolute atomic E-state index is 0.0369. The first kappa shape index (κ1) is 12.2. The van der Waals surface area contributed by atoms with Crippen LogP contribution >= 0.6 is 0 Å². The van der Waals surface area contributed by atoms with Crippen LogP contribution in [0.1, 0.15) is 43.7 Å². The van der Waals surface area contributed by atoms with E-state index < -0.39 is 5.92 Å². The van der Waals surface area contributed by atoms with Crippen LogP contribution in [0.15, 0.2) is 18.5 Å². The summed E-state index contributed by atoms with van der Waals surface area (Å²) in [7, 11) is 0. The van der Waals surface area contributed by atoms with Gasteiger partial charge in [-0.05, 0) is 42.7 Å². The molecule has 0 aromatic carbocycles. The number of hydrogen-bond donors (Lipinski definition) is 1. The second-order valence-corrected chi connectivity index (χ2v) is 5.97. The van der Waals surface area contributed by atoms with Gasteiger partial charge in [0, 0.05) is 37.8 Å². The van der Waals surface area contributed by atoms with Crippen molar-refractivity contribution >= 4 is 0 Å². The van der Waals surface area contributed by atoms with Crippen LogP contribution in [-0.4, -0.2) is 10.5 Å². The lowest BCUT2D eigenvalue weighted by atomic mass is 10.1. The van der Waals surface area contributed by atoms with Crippen molar-refractivity contribution in [3.63, 3.8) is 0 Å². The second-order valence-electron chi connectivity index (χ2n) is 5.97. The van der Waals surface area contributed by atoms with Gasteiger partial charge in [-0.2, -0.15) is 0 Å². The van der Waals surface area contributed by atoms with E-state index in [0.29, 0.717) is 18.9 Å². The van der Waals surface area contributed by atoms with Crippen LogP contribution in [0.5, 0.6) is 0 Å². The lowest BCUT2D eigenvalue weighted by Crippen LogP contribution is -2.13. The van der Waals surface area contributed by atoms with Crippen molar-refractivity contribution in [3.8, 4) is 0 Å². The maximum absolute atomic E-state index is 13.1. The molecule has 2 fully saturated rings. The van der Waals surface area contributed by atoms with Gasteiger partial charge < -0.3 is 10.3 Å². The first-order chi connectivity index (χ1) is 8.53. The maximum atomic E-state index is 13.1. The quantitative estimate of drug-likeness (QED) is 0.877. The second kappa shape index (κ2) is 4.34. The lowest BCUT2D eigenvalue weighted by molar-refractivity contribution is 0.00437. The zero-order valence-corrected chi connectivity index (χ0v) is 10.5. The zero-order chi connectivity index (χ0) is 12.8. The number of nitrogens with zero attached hydrogens (tertiary/aromatic N) is 1. The SMILES string of the molecule is NC(c1ccn(CC2CCC(F)(F)C2)c1)C1CC1. The Balaban J connectivity index is 1.60. The molecule has 0 saturated heterocycles. The van der Waals surface area contributed by atoms with E-state index in [1.807, 2.05) is 23.0 Å². The van der Waals surface area contributed by atoms with Crippen LogP contribution in [0.4, 0.5) is 8.78 Å². The molecule has 2 aliphatic rings. The standard InChI is InChI=1S/C14H20F2N2/c15-14(16)5-3-10(7-14)8-18-6-4-12(9-18)13(17)11-1-2-11/h4,6,9-11,13H,1-3,5,7-8,17H2. The fourth-order valence-corrected chi connectivity index (χ4v) is 2.99. The minimum atomic E-state index is -2.44. The highest BCUT2D eigenvalue weighted by atomic mass is 19.3. The van der Waals surface area contributed by atoms with E-state index in [9.17, 15) is 8.78 Å². The summed E-state index contributed by atoms with van der Waals surface area (Å²) in [6.45, 7) is 0.701. The zero-order valence-electron chi connectivity index (χ0n) is 10.5. The summed E-state index contributed by atoms with van der Waals surface area (Å²) in [4.78, 5) is 0. The highest BCUT2D eigenvalue weighted by Crippen LogP contribution is 2.41. The van der Waals surface area contributed by atoms with Crippen LogP contribution in [-0.2, 0) is 6.54 Å². The summed E-state index contributed by atoms with van der Waals surface area (Å²) in [6, 6.07) is 2.17. The van der Waals surface area contributed by atoms with Gasteiger partial charge in [-0.1, -0.05) is 0 Å². The van der Waals surface area contributed by atoms with Gasteiger partial charge >= 0.3 is 0 Å². The van der Waals surface area contributed by atoms with Crippen LogP contribution < -0.4 is 5.73 Å². The average Bonchev–Trinajstić information content (AvgIpc) is 2.97. The molecule has 3 rings (SSSR count). The summed E-state index contributed by atoms with van der Waals surface area (Å²) < 4.78 is 28.3. The van der Waals surface area contributed by atoms with Gasteiger partial charge in [-0.15, -0.1) is 0 Å². The van der Waals surface area contributed by atoms with Gasteiger partial charge in [-0.25, -0.2) is 8.78 Å². The molecule has 18 heavy (non-hydrogen) atoms. The molecule has 0 aliphatic heterocycles. The molecular formula is C14H20F2N2. The van der Waals surface area contributed by atoms with E-state index in [0.717, 1.165) is 5.56 Å². The fourth-order valence-electron chi connectivity index (χ4n) is 2.99. The molecule has 2 aliphatic carbocycles. The molecule has 1 aromatic heterocycles. The topological polar surface area (TPSA) is 30.9 Å². The highest BCUT2D eigenvalue weighted by molar-refractivity contribution is 5.17. The molecule has 1 heterocycles. The Kier molecular flexibility index (Phi) is 2.93. The molecule has 2 atom stereocenters. The van der Waals surface area contributed by atoms with E-state index in [1.54, 1.807) is 0 Å². The van der Waals surface area contributed by atoms with Crippen molar-refractivity contribution in [2.24, 2.45) is 17.6 Å². The van der Waals surface area contributed by atoms with E-state index in [1.165, 1.54) is 12.8 Å². The lowest BCUT2D eigenvalue weighted by Gasteiger charge is -2.12. The Labute approximate surface area is 106 Å². The predicted molar refractivity (Wildman–Crippen MR) is 66.4 cm³/mol. The Morgan fingerprint density at radius 1 is 1.39 bits per heavy atom. The van der Waals surface area contributed by atoms with Crippen molar-refractivity contribution in [2.75, 3.05) is 0 Å². The van der Waals surface area contributed by atoms with Crippen LogP contribution in [0.25, 0.3) is 0 Å². The molecule has 0 bridgehead atoms. The first-order valence-corrected chi connectivity index (χ1v) is 6.82. The number of nitrogens with two attached hydrogens (primary N) is 1. The molecule has 0 amide bonds. The molecule has 2 nitrogen and oxygen atoms in total. The smallest absolute Gasteiger partial charge is 0.248 e. The monoisotopic (exact) mass is 254 g/mol. The molecule has 0 radical (unpaired) electrons. The van der Waals surface area contributed by atoms with E-state index >= 15 is 0 Å². The normalized spacial score (nSPS) is 28.5. The number of aromatic nitrogens is 1. The van der Waals surface area contributed by atoms with E-state index in [2.05, 4.69) is 0 Å². The summed E-state index contributed by atoms with van der Waals surface area (Å²) in [6.07, 6.45) is 7.19. The number of rotatable bonds is 4. The number of alkyl halides is 2. The summed E-state index contributed by atoms with van der Waals surface area (Å²) in [5.41, 5.74) is 7.29. The summed E-state index contributed by atoms with van der Waals surface area (Å²) >= 11 is 0. The van der Waals surface area contributed by atoms with Crippen molar-refractivity contribution < 1.29 is 8.78 Å². The van der Waals surface area contributed by atoms with Crippen LogP contribution in [0.3, 0.4) is 0 Å². The highest BCUT2D eigenvalue weighted by Gasteiger charge is 2.39. The summed E-state index contributed by atoms with van der Waals surface area (Å²) in [5.74, 6) is -1.69. The van der Waals surface area contributed by atoms with Gasteiger partial charge in [0.2, 0.25) is 5.92 Å². The van der Waals surface area contributed by atoms with Gasteiger partial charge in [0.15, 0.2) is 0 Å². The Morgan fingerprint density at radius 3 is 2.78 bits per heavy atom. The largest absolute Gasteiger partial charge is 0.354 e. The Hall–Kier alpha value is -0.900. The Morgan fingerprint density at radius 2 is 2.17 bits per heavy atom. The third kappa shape index (κ3) is 2.58. The summed E-state index contributed by atoms with van der Waals surface area (Å²) in [5, 5.41) is 0. The maximum Gasteiger partial charge on any atom is 0.248 e. The molecular weight excluding hydrogens is 234 g/mol. The van der Waals surface area contributed by atoms with Gasteiger partial charge in [-0.3, -0.25) is 0 Å². The minimum Gasteiger partial charge on any atom is -0.354 e. The molecule has 2 saturated carbocycles. The molecule has 2 unspecified atom stereocenters. The predicted octanol–water partition coefficient (Wildman–Crippen LogP) is 3.33. The Bertz CT molecular complexity index is 423. The van der Waals surface area contributed by atoms with E-state index in [-0.39, 0.29) is 24.8 Å². The fraction of sp³-hybridized carbons (Fsp3) is 0.714. The van der Waals surface area contributed by atoms with Crippen molar-refractivity contribution in [3.05, 3.63) is 24.0 Å². The number of halogens is 2. The molecule has 2 N–H and O–H groups in total. The van der Waals surface area contributed by atoms with Crippen molar-refractivity contribution in [2.45, 2.75) is 50.6 Å². The van der Waals surface area contributed by atoms with Gasteiger partial charge in [0.05, 0.1) is 0 Å². The van der Waals surface area contributed by atoms with Crippen LogP contribution in [0, 0.1) is 11.8 Å². The van der Waals surface area contributed by atoms with Crippen molar-refractivity contribution in [1.29, 1.82) is 0 Å². The molecule has 4 heteroatoms. The molecule has 1 aromatic rings. The van der Waals surface area contributed by atoms with Crippen molar-refractivity contribution in [1.82, 2.24) is 4.57 Å². The van der Waals surface area contributed by atoms with Gasteiger partial charge in [0.25, 0.3) is 0 Å². The molecule has 100 valence electrons. The third-order valence-corrected chi connectivity index (χ3v) is 4.26. The van der Waals surface area contributed by atoms with Crippen LogP contribution in [0.2, 0.25) is 0 Å². The molecule has 0 spiro atoms. The third-order valence-electron chi connectivity index (χ3n) is 4.26. The number of hydrogen-bond acceptors (Lipinski definition) is 1.